The molecule has 380 valence electrons. The van der Waals surface area contributed by atoms with E-state index >= 15 is 0 Å². The first-order valence-corrected chi connectivity index (χ1v) is 28.7. The van der Waals surface area contributed by atoms with E-state index in [9.17, 15) is 14.4 Å². The van der Waals surface area contributed by atoms with E-state index in [0.717, 1.165) is 75.5 Å². The van der Waals surface area contributed by atoms with Crippen LogP contribution >= 0.6 is 0 Å². The third kappa shape index (κ3) is 48.3. The zero-order chi connectivity index (χ0) is 47.0. The van der Waals surface area contributed by atoms with Gasteiger partial charge in [0.1, 0.15) is 13.2 Å². The minimum absolute atomic E-state index is 0.0642. The van der Waals surface area contributed by atoms with Crippen molar-refractivity contribution in [3.05, 3.63) is 0 Å². The molecule has 3 atom stereocenters. The van der Waals surface area contributed by atoms with Gasteiger partial charge in [0.2, 0.25) is 0 Å². The summed E-state index contributed by atoms with van der Waals surface area (Å²) in [4.78, 5) is 38.1. The second kappa shape index (κ2) is 49.3. The summed E-state index contributed by atoms with van der Waals surface area (Å²) in [7, 11) is 0. The summed E-state index contributed by atoms with van der Waals surface area (Å²) in [5, 5.41) is 0. The fourth-order valence-electron chi connectivity index (χ4n) is 8.76. The van der Waals surface area contributed by atoms with Crippen LogP contribution in [0.4, 0.5) is 0 Å². The summed E-state index contributed by atoms with van der Waals surface area (Å²) in [6.07, 6.45) is 50.9. The highest BCUT2D eigenvalue weighted by Crippen LogP contribution is 2.19. The first kappa shape index (κ1) is 62.4. The Hall–Kier alpha value is -1.59. The summed E-state index contributed by atoms with van der Waals surface area (Å²) in [6.45, 7) is 13.8. The van der Waals surface area contributed by atoms with E-state index in [1.165, 1.54) is 199 Å². The molecule has 0 aromatic rings. The summed E-state index contributed by atoms with van der Waals surface area (Å²) >= 11 is 0. The first-order chi connectivity index (χ1) is 31.2. The molecule has 64 heavy (non-hydrogen) atoms. The Morgan fingerprint density at radius 1 is 0.312 bits per heavy atom. The largest absolute Gasteiger partial charge is 0.462 e. The molecule has 6 heteroatoms. The molecule has 0 radical (unpaired) electrons. The molecular formula is C58H112O6. The number of esters is 3. The van der Waals surface area contributed by atoms with Crippen LogP contribution in [0.25, 0.3) is 0 Å². The van der Waals surface area contributed by atoms with Gasteiger partial charge < -0.3 is 14.2 Å². The smallest absolute Gasteiger partial charge is 0.306 e. The Labute approximate surface area is 399 Å². The lowest BCUT2D eigenvalue weighted by atomic mass is 9.99. The Balaban J connectivity index is 4.26. The van der Waals surface area contributed by atoms with Crippen molar-refractivity contribution in [3.63, 3.8) is 0 Å². The van der Waals surface area contributed by atoms with Gasteiger partial charge >= 0.3 is 17.9 Å². The summed E-state index contributed by atoms with van der Waals surface area (Å²) in [5.41, 5.74) is 0. The molecule has 0 bridgehead atoms. The lowest BCUT2D eigenvalue weighted by Gasteiger charge is -2.18. The molecule has 0 saturated carbocycles. The van der Waals surface area contributed by atoms with Gasteiger partial charge in [-0.3, -0.25) is 14.4 Å². The van der Waals surface area contributed by atoms with Crippen molar-refractivity contribution in [3.8, 4) is 0 Å². The highest BCUT2D eigenvalue weighted by Gasteiger charge is 2.19. The predicted octanol–water partition coefficient (Wildman–Crippen LogP) is 18.7. The van der Waals surface area contributed by atoms with E-state index in [1.54, 1.807) is 0 Å². The number of hydrogen-bond acceptors (Lipinski definition) is 6. The number of unbranched alkanes of at least 4 members (excludes halogenated alkanes) is 32. The second-order valence-electron chi connectivity index (χ2n) is 20.9. The minimum Gasteiger partial charge on any atom is -0.462 e. The zero-order valence-electron chi connectivity index (χ0n) is 44.1. The van der Waals surface area contributed by atoms with Crippen LogP contribution in [-0.2, 0) is 28.6 Å². The standard InChI is InChI=1S/C58H112O6/c1-7-53(5)45-39-33-27-21-17-13-9-11-15-19-23-29-35-41-47-56(59)62-50-55(51-63-57(60)48-42-36-31-25-26-32-38-44-52(3)4)64-58(61)49-43-37-30-24-20-16-12-10-14-18-22-28-34-40-46-54(6)8-2/h52-55H,7-51H2,1-6H3/t53?,54?,55-/m1/s1. The molecule has 0 saturated heterocycles. The number of rotatable bonds is 51. The van der Waals surface area contributed by atoms with Crippen molar-refractivity contribution in [1.82, 2.24) is 0 Å². The highest BCUT2D eigenvalue weighted by molar-refractivity contribution is 5.71. The topological polar surface area (TPSA) is 78.9 Å². The third-order valence-corrected chi connectivity index (χ3v) is 13.9. The fraction of sp³-hybridized carbons (Fsp3) is 0.948. The van der Waals surface area contributed by atoms with Crippen LogP contribution in [0.15, 0.2) is 0 Å². The van der Waals surface area contributed by atoms with Crippen molar-refractivity contribution in [2.45, 2.75) is 324 Å². The van der Waals surface area contributed by atoms with Crippen molar-refractivity contribution >= 4 is 17.9 Å². The van der Waals surface area contributed by atoms with E-state index in [0.29, 0.717) is 19.3 Å². The van der Waals surface area contributed by atoms with E-state index < -0.39 is 6.10 Å². The molecule has 0 spiro atoms. The molecule has 0 rings (SSSR count). The van der Waals surface area contributed by atoms with Gasteiger partial charge in [0, 0.05) is 19.3 Å². The van der Waals surface area contributed by atoms with Crippen molar-refractivity contribution in [2.24, 2.45) is 17.8 Å². The average molecular weight is 906 g/mol. The van der Waals surface area contributed by atoms with E-state index in [2.05, 4.69) is 41.5 Å². The molecule has 0 aromatic heterocycles. The maximum absolute atomic E-state index is 12.8. The molecule has 0 aliphatic carbocycles. The van der Waals surface area contributed by atoms with Crippen molar-refractivity contribution in [1.29, 1.82) is 0 Å². The summed E-state index contributed by atoms with van der Waals surface area (Å²) in [5.74, 6) is 1.72. The Kier molecular flexibility index (Phi) is 48.1. The van der Waals surface area contributed by atoms with E-state index in [4.69, 9.17) is 14.2 Å². The summed E-state index contributed by atoms with van der Waals surface area (Å²) < 4.78 is 16.9. The van der Waals surface area contributed by atoms with Crippen molar-refractivity contribution in [2.75, 3.05) is 13.2 Å². The van der Waals surface area contributed by atoms with Crippen LogP contribution in [-0.4, -0.2) is 37.2 Å². The Morgan fingerprint density at radius 2 is 0.547 bits per heavy atom. The van der Waals surface area contributed by atoms with Crippen LogP contribution < -0.4 is 0 Å². The number of carbonyl (C=O) groups excluding carboxylic acids is 3. The lowest BCUT2D eigenvalue weighted by Crippen LogP contribution is -2.30. The molecule has 0 amide bonds. The van der Waals surface area contributed by atoms with Gasteiger partial charge in [-0.15, -0.1) is 0 Å². The normalized spacial score (nSPS) is 13.0. The molecule has 0 aromatic carbocycles. The van der Waals surface area contributed by atoms with E-state index in [1.807, 2.05) is 0 Å². The van der Waals surface area contributed by atoms with Gasteiger partial charge in [0.15, 0.2) is 6.10 Å². The fourth-order valence-corrected chi connectivity index (χ4v) is 8.76. The number of hydrogen-bond donors (Lipinski definition) is 0. The molecule has 2 unspecified atom stereocenters. The molecule has 0 fully saturated rings. The van der Waals surface area contributed by atoms with Gasteiger partial charge in [-0.05, 0) is 37.0 Å². The zero-order valence-corrected chi connectivity index (χ0v) is 44.1. The lowest BCUT2D eigenvalue weighted by molar-refractivity contribution is -0.167. The predicted molar refractivity (Wildman–Crippen MR) is 275 cm³/mol. The van der Waals surface area contributed by atoms with Gasteiger partial charge in [0.25, 0.3) is 0 Å². The van der Waals surface area contributed by atoms with Gasteiger partial charge in [0.05, 0.1) is 0 Å². The maximum Gasteiger partial charge on any atom is 0.306 e. The monoisotopic (exact) mass is 905 g/mol. The first-order valence-electron chi connectivity index (χ1n) is 28.7. The third-order valence-electron chi connectivity index (χ3n) is 13.9. The number of carbonyl (C=O) groups is 3. The van der Waals surface area contributed by atoms with Gasteiger partial charge in [-0.2, -0.15) is 0 Å². The van der Waals surface area contributed by atoms with Crippen LogP contribution in [0.2, 0.25) is 0 Å². The van der Waals surface area contributed by atoms with Crippen LogP contribution in [0.5, 0.6) is 0 Å². The van der Waals surface area contributed by atoms with Gasteiger partial charge in [-0.1, -0.05) is 279 Å². The SMILES string of the molecule is CCC(C)CCCCCCCCCCCCCCCCC(=O)OC[C@H](COC(=O)CCCCCCCCCC(C)C)OC(=O)CCCCCCCCCCCCCCCCC(C)CC. The molecule has 6 nitrogen and oxygen atoms in total. The molecule has 0 aliphatic rings. The quantitative estimate of drug-likeness (QED) is 0.0344. The molecule has 0 heterocycles. The average Bonchev–Trinajstić information content (AvgIpc) is 3.28. The highest BCUT2D eigenvalue weighted by atomic mass is 16.6. The molecule has 0 aliphatic heterocycles. The summed E-state index contributed by atoms with van der Waals surface area (Å²) in [6, 6.07) is 0. The van der Waals surface area contributed by atoms with E-state index in [-0.39, 0.29) is 31.1 Å². The van der Waals surface area contributed by atoms with Crippen LogP contribution in [0, 0.1) is 17.8 Å². The van der Waals surface area contributed by atoms with Crippen LogP contribution in [0.1, 0.15) is 318 Å². The van der Waals surface area contributed by atoms with Crippen molar-refractivity contribution < 1.29 is 28.6 Å². The molecular weight excluding hydrogens is 793 g/mol. The number of ether oxygens (including phenoxy) is 3. The minimum atomic E-state index is -0.764. The van der Waals surface area contributed by atoms with Crippen LogP contribution in [0.3, 0.4) is 0 Å². The molecule has 0 N–H and O–H groups in total. The Morgan fingerprint density at radius 3 is 0.812 bits per heavy atom. The van der Waals surface area contributed by atoms with Gasteiger partial charge in [-0.25, -0.2) is 0 Å². The maximum atomic E-state index is 12.8. The second-order valence-corrected chi connectivity index (χ2v) is 20.9. The Bertz CT molecular complexity index is 995.